The summed E-state index contributed by atoms with van der Waals surface area (Å²) < 4.78 is 37.5. The monoisotopic (exact) mass is 479 g/mol. The second kappa shape index (κ2) is 9.46. The molecule has 0 unspecified atom stereocenters. The molecule has 1 saturated heterocycles. The molecule has 3 aromatic heterocycles. The van der Waals surface area contributed by atoms with Gasteiger partial charge < -0.3 is 24.4 Å². The lowest BCUT2D eigenvalue weighted by Crippen LogP contribution is -2.46. The first-order chi connectivity index (χ1) is 16.9. The van der Waals surface area contributed by atoms with Crippen LogP contribution < -0.4 is 15.0 Å². The predicted molar refractivity (Wildman–Crippen MR) is 132 cm³/mol. The van der Waals surface area contributed by atoms with E-state index in [0.717, 1.165) is 55.9 Å². The molecule has 1 aromatic carbocycles. The van der Waals surface area contributed by atoms with Crippen molar-refractivity contribution in [3.05, 3.63) is 60.2 Å². The molecule has 1 aliphatic heterocycles. The van der Waals surface area contributed by atoms with Crippen LogP contribution in [0, 0.1) is 18.6 Å². The zero-order valence-electron chi connectivity index (χ0n) is 19.9. The maximum Gasteiger partial charge on any atom is 0.261 e. The second-order valence-electron chi connectivity index (χ2n) is 8.55. The number of hydrogen-bond acceptors (Lipinski definition) is 7. The highest BCUT2D eigenvalue weighted by Crippen LogP contribution is 2.33. The summed E-state index contributed by atoms with van der Waals surface area (Å²) in [7, 11) is 1.85. The summed E-state index contributed by atoms with van der Waals surface area (Å²) in [5.41, 5.74) is 2.64. The number of anilines is 3. The molecule has 0 bridgehead atoms. The van der Waals surface area contributed by atoms with Crippen LogP contribution in [-0.4, -0.2) is 57.1 Å². The zero-order valence-corrected chi connectivity index (χ0v) is 19.9. The number of hydrogen-bond donors (Lipinski definition) is 1. The third kappa shape index (κ3) is 4.49. The number of ether oxygens (including phenoxy) is 1. The predicted octanol–water partition coefficient (Wildman–Crippen LogP) is 4.63. The SMILES string of the molecule is CCN1CCN(c2ccc(Nc3ncnc(Oc4ccc5c(cc(C)n5C)c4F)c3F)nc2)CC1. The number of pyridine rings is 1. The smallest absolute Gasteiger partial charge is 0.261 e. The average Bonchev–Trinajstić information content (AvgIpc) is 3.18. The first-order valence-electron chi connectivity index (χ1n) is 11.6. The van der Waals surface area contributed by atoms with E-state index in [-0.39, 0.29) is 17.4 Å². The van der Waals surface area contributed by atoms with E-state index in [4.69, 9.17) is 4.74 Å². The third-order valence-corrected chi connectivity index (χ3v) is 6.51. The summed E-state index contributed by atoms with van der Waals surface area (Å²) in [6.45, 7) is 9.02. The van der Waals surface area contributed by atoms with Gasteiger partial charge in [0.15, 0.2) is 17.4 Å². The number of benzene rings is 1. The Morgan fingerprint density at radius 3 is 2.51 bits per heavy atom. The summed E-state index contributed by atoms with van der Waals surface area (Å²) in [5, 5.41) is 3.26. The van der Waals surface area contributed by atoms with Gasteiger partial charge in [0.2, 0.25) is 5.82 Å². The van der Waals surface area contributed by atoms with Crippen LogP contribution >= 0.6 is 0 Å². The van der Waals surface area contributed by atoms with E-state index in [2.05, 4.69) is 37.0 Å². The number of nitrogens with zero attached hydrogens (tertiary/aromatic N) is 6. The lowest BCUT2D eigenvalue weighted by Gasteiger charge is -2.35. The average molecular weight is 480 g/mol. The number of halogens is 2. The number of fused-ring (bicyclic) bond motifs is 1. The Kier molecular flexibility index (Phi) is 6.21. The minimum absolute atomic E-state index is 0.108. The van der Waals surface area contributed by atoms with Crippen LogP contribution in [0.4, 0.5) is 26.1 Å². The van der Waals surface area contributed by atoms with Crippen LogP contribution in [0.25, 0.3) is 10.9 Å². The van der Waals surface area contributed by atoms with Crippen LogP contribution in [0.2, 0.25) is 0 Å². The molecule has 0 atom stereocenters. The largest absolute Gasteiger partial charge is 0.433 e. The Balaban J connectivity index is 1.32. The van der Waals surface area contributed by atoms with Crippen LogP contribution in [0.15, 0.2) is 42.9 Å². The molecule has 0 saturated carbocycles. The van der Waals surface area contributed by atoms with E-state index < -0.39 is 11.6 Å². The fraction of sp³-hybridized carbons (Fsp3) is 0.320. The van der Waals surface area contributed by atoms with E-state index in [1.165, 1.54) is 6.07 Å². The highest BCUT2D eigenvalue weighted by atomic mass is 19.1. The van der Waals surface area contributed by atoms with Crippen molar-refractivity contribution in [1.29, 1.82) is 0 Å². The van der Waals surface area contributed by atoms with Gasteiger partial charge in [0.05, 0.1) is 17.4 Å². The van der Waals surface area contributed by atoms with Crippen molar-refractivity contribution >= 4 is 28.2 Å². The maximum atomic E-state index is 15.1. The normalized spacial score (nSPS) is 14.5. The number of rotatable bonds is 6. The fourth-order valence-corrected chi connectivity index (χ4v) is 4.27. The molecule has 4 heterocycles. The molecule has 4 aromatic rings. The van der Waals surface area contributed by atoms with Gasteiger partial charge in [-0.15, -0.1) is 0 Å². The number of aromatic nitrogens is 4. The van der Waals surface area contributed by atoms with Gasteiger partial charge in [0, 0.05) is 44.3 Å². The van der Waals surface area contributed by atoms with Crippen LogP contribution in [0.1, 0.15) is 12.6 Å². The standard InChI is InChI=1S/C25H27F2N7O/c1-4-33-9-11-34(12-10-33)17-5-8-21(28-14-17)31-24-23(27)25(30-15-29-24)35-20-7-6-19-18(22(20)26)13-16(2)32(19)3/h5-8,13-15H,4,9-12H2,1-3H3,(H,28,29,30,31). The van der Waals surface area contributed by atoms with E-state index >= 15 is 8.78 Å². The fourth-order valence-electron chi connectivity index (χ4n) is 4.27. The quantitative estimate of drug-likeness (QED) is 0.432. The topological polar surface area (TPSA) is 71.3 Å². The lowest BCUT2D eigenvalue weighted by atomic mass is 10.2. The second-order valence-corrected chi connectivity index (χ2v) is 8.55. The van der Waals surface area contributed by atoms with Crippen molar-refractivity contribution in [3.63, 3.8) is 0 Å². The van der Waals surface area contributed by atoms with Gasteiger partial charge in [0.1, 0.15) is 12.1 Å². The van der Waals surface area contributed by atoms with Crippen molar-refractivity contribution in [2.24, 2.45) is 7.05 Å². The molecule has 5 rings (SSSR count). The van der Waals surface area contributed by atoms with Crippen molar-refractivity contribution < 1.29 is 13.5 Å². The zero-order chi connectivity index (χ0) is 24.5. The minimum Gasteiger partial charge on any atom is -0.433 e. The molecule has 0 radical (unpaired) electrons. The van der Waals surface area contributed by atoms with Crippen molar-refractivity contribution in [1.82, 2.24) is 24.4 Å². The van der Waals surface area contributed by atoms with Gasteiger partial charge in [-0.1, -0.05) is 6.92 Å². The summed E-state index contributed by atoms with van der Waals surface area (Å²) in [6, 6.07) is 8.63. The number of likely N-dealkylation sites (N-methyl/N-ethyl adjacent to an activating group) is 1. The van der Waals surface area contributed by atoms with Crippen molar-refractivity contribution in [3.8, 4) is 11.6 Å². The van der Waals surface area contributed by atoms with E-state index in [1.54, 1.807) is 24.4 Å². The Labute approximate surface area is 202 Å². The van der Waals surface area contributed by atoms with Crippen molar-refractivity contribution in [2.75, 3.05) is 42.9 Å². The Bertz CT molecular complexity index is 1350. The lowest BCUT2D eigenvalue weighted by molar-refractivity contribution is 0.271. The van der Waals surface area contributed by atoms with Gasteiger partial charge in [-0.25, -0.2) is 14.4 Å². The molecule has 0 aliphatic carbocycles. The number of piperazine rings is 1. The van der Waals surface area contributed by atoms with E-state index in [0.29, 0.717) is 11.2 Å². The van der Waals surface area contributed by atoms with Gasteiger partial charge in [-0.05, 0) is 43.8 Å². The molecule has 1 fully saturated rings. The van der Waals surface area contributed by atoms with Crippen LogP contribution in [0.5, 0.6) is 11.6 Å². The Hall–Kier alpha value is -3.79. The first kappa shape index (κ1) is 23.0. The molecule has 1 aliphatic rings. The molecule has 35 heavy (non-hydrogen) atoms. The summed E-state index contributed by atoms with van der Waals surface area (Å²) >= 11 is 0. The molecule has 10 heteroatoms. The number of nitrogens with one attached hydrogen (secondary N) is 1. The summed E-state index contributed by atoms with van der Waals surface area (Å²) in [6.07, 6.45) is 2.91. The Morgan fingerprint density at radius 1 is 1.00 bits per heavy atom. The highest BCUT2D eigenvalue weighted by molar-refractivity contribution is 5.83. The molecular weight excluding hydrogens is 452 g/mol. The molecule has 182 valence electrons. The molecule has 8 nitrogen and oxygen atoms in total. The minimum atomic E-state index is -0.835. The third-order valence-electron chi connectivity index (χ3n) is 6.51. The van der Waals surface area contributed by atoms with Gasteiger partial charge >= 0.3 is 0 Å². The van der Waals surface area contributed by atoms with Gasteiger partial charge in [0.25, 0.3) is 5.88 Å². The number of aryl methyl sites for hydroxylation is 2. The maximum absolute atomic E-state index is 15.1. The van der Waals surface area contributed by atoms with E-state index in [9.17, 15) is 0 Å². The summed E-state index contributed by atoms with van der Waals surface area (Å²) in [4.78, 5) is 16.9. The highest BCUT2D eigenvalue weighted by Gasteiger charge is 2.19. The van der Waals surface area contributed by atoms with Gasteiger partial charge in [-0.3, -0.25) is 0 Å². The Morgan fingerprint density at radius 2 is 1.80 bits per heavy atom. The van der Waals surface area contributed by atoms with Crippen molar-refractivity contribution in [2.45, 2.75) is 13.8 Å². The van der Waals surface area contributed by atoms with Crippen LogP contribution in [0.3, 0.4) is 0 Å². The summed E-state index contributed by atoms with van der Waals surface area (Å²) in [5.74, 6) is -1.58. The molecule has 1 N–H and O–H groups in total. The molecule has 0 spiro atoms. The molecule has 0 amide bonds. The van der Waals surface area contributed by atoms with Crippen LogP contribution in [-0.2, 0) is 7.05 Å². The van der Waals surface area contributed by atoms with E-state index in [1.807, 2.05) is 24.6 Å². The first-order valence-corrected chi connectivity index (χ1v) is 11.6. The molecular formula is C25H27F2N7O. The van der Waals surface area contributed by atoms with Gasteiger partial charge in [-0.2, -0.15) is 9.37 Å².